The van der Waals surface area contributed by atoms with Gasteiger partial charge in [-0.25, -0.2) is 17.8 Å². The van der Waals surface area contributed by atoms with E-state index in [1.54, 1.807) is 12.1 Å². The minimum Gasteiger partial charge on any atom is -0.298 e. The van der Waals surface area contributed by atoms with Gasteiger partial charge in [0.05, 0.1) is 15.1 Å². The molecule has 0 aliphatic heterocycles. The number of carbonyl (C=O) groups excluding carboxylic acids is 1. The second-order valence-corrected chi connectivity index (χ2v) is 9.67. The molecule has 4 aromatic rings. The Morgan fingerprint density at radius 1 is 1.00 bits per heavy atom. The highest BCUT2D eigenvalue weighted by Crippen LogP contribution is 2.31. The Kier molecular flexibility index (Phi) is 5.47. The number of fused-ring (bicyclic) bond motifs is 1. The molecule has 0 spiro atoms. The van der Waals surface area contributed by atoms with Crippen LogP contribution in [0.25, 0.3) is 10.2 Å². The number of sulfonamides is 1. The molecule has 0 unspecified atom stereocenters. The number of thiazole rings is 1. The van der Waals surface area contributed by atoms with Crippen LogP contribution in [0.2, 0.25) is 0 Å². The highest BCUT2D eigenvalue weighted by atomic mass is 32.2. The molecule has 4 rings (SSSR count). The number of aryl methyl sites for hydroxylation is 2. The normalized spacial score (nSPS) is 11.5. The van der Waals surface area contributed by atoms with Crippen LogP contribution in [-0.2, 0) is 10.0 Å². The maximum absolute atomic E-state index is 13.1. The molecule has 1 amide bonds. The molecule has 6 nitrogen and oxygen atoms in total. The third kappa shape index (κ3) is 4.42. The van der Waals surface area contributed by atoms with Gasteiger partial charge in [0, 0.05) is 11.3 Å². The van der Waals surface area contributed by atoms with E-state index in [9.17, 15) is 17.6 Å². The van der Waals surface area contributed by atoms with Gasteiger partial charge in [0.15, 0.2) is 5.13 Å². The van der Waals surface area contributed by atoms with Crippen LogP contribution in [0, 0.1) is 19.7 Å². The van der Waals surface area contributed by atoms with Crippen LogP contribution >= 0.6 is 11.3 Å². The largest absolute Gasteiger partial charge is 0.298 e. The molecule has 158 valence electrons. The maximum atomic E-state index is 13.1. The highest BCUT2D eigenvalue weighted by Gasteiger charge is 2.16. The van der Waals surface area contributed by atoms with E-state index in [0.29, 0.717) is 5.13 Å². The van der Waals surface area contributed by atoms with Gasteiger partial charge in [-0.3, -0.25) is 14.8 Å². The lowest BCUT2D eigenvalue weighted by molar-refractivity contribution is 0.102. The Morgan fingerprint density at radius 3 is 2.42 bits per heavy atom. The predicted octanol–water partition coefficient (Wildman–Crippen LogP) is 5.11. The lowest BCUT2D eigenvalue weighted by Crippen LogP contribution is -2.15. The second-order valence-electron chi connectivity index (χ2n) is 6.99. The van der Waals surface area contributed by atoms with E-state index in [0.717, 1.165) is 33.5 Å². The number of benzene rings is 3. The summed E-state index contributed by atoms with van der Waals surface area (Å²) in [6.45, 7) is 3.95. The van der Waals surface area contributed by atoms with Gasteiger partial charge in [-0.15, -0.1) is 0 Å². The quantitative estimate of drug-likeness (QED) is 0.438. The molecular weight excluding hydrogens is 437 g/mol. The highest BCUT2D eigenvalue weighted by molar-refractivity contribution is 7.92. The van der Waals surface area contributed by atoms with Crippen LogP contribution in [0.3, 0.4) is 0 Å². The lowest BCUT2D eigenvalue weighted by Gasteiger charge is -2.09. The Balaban J connectivity index is 1.55. The number of nitrogens with zero attached hydrogens (tertiary/aromatic N) is 1. The Bertz CT molecular complexity index is 1360. The van der Waals surface area contributed by atoms with Gasteiger partial charge in [-0.05, 0) is 67.4 Å². The fourth-order valence-corrected chi connectivity index (χ4v) is 5.09. The Hall–Kier alpha value is -3.30. The van der Waals surface area contributed by atoms with Gasteiger partial charge in [0.1, 0.15) is 5.82 Å². The van der Waals surface area contributed by atoms with Crippen LogP contribution in [0.5, 0.6) is 0 Å². The molecule has 0 bridgehead atoms. The fourth-order valence-electron chi connectivity index (χ4n) is 3.03. The molecule has 0 saturated carbocycles. The van der Waals surface area contributed by atoms with Gasteiger partial charge in [-0.1, -0.05) is 29.5 Å². The summed E-state index contributed by atoms with van der Waals surface area (Å²) in [6, 6.07) is 14.6. The van der Waals surface area contributed by atoms with Gasteiger partial charge in [0.2, 0.25) is 0 Å². The number of anilines is 2. The average molecular weight is 456 g/mol. The molecule has 2 N–H and O–H groups in total. The first-order chi connectivity index (χ1) is 14.7. The SMILES string of the molecule is Cc1ccc(C)c2sc(NC(=O)c3cccc(NS(=O)(=O)c4ccc(F)cc4)c3)nc12. The second kappa shape index (κ2) is 8.09. The molecule has 3 aromatic carbocycles. The maximum Gasteiger partial charge on any atom is 0.261 e. The zero-order valence-electron chi connectivity index (χ0n) is 16.6. The molecule has 1 aromatic heterocycles. The van der Waals surface area contributed by atoms with Crippen molar-refractivity contribution < 1.29 is 17.6 Å². The van der Waals surface area contributed by atoms with Gasteiger partial charge < -0.3 is 0 Å². The summed E-state index contributed by atoms with van der Waals surface area (Å²) in [6.07, 6.45) is 0. The van der Waals surface area contributed by atoms with Gasteiger partial charge >= 0.3 is 0 Å². The summed E-state index contributed by atoms with van der Waals surface area (Å²) >= 11 is 1.39. The third-order valence-corrected chi connectivity index (χ3v) is 7.17. The van der Waals surface area contributed by atoms with Crippen molar-refractivity contribution in [3.05, 3.63) is 83.2 Å². The minimum absolute atomic E-state index is 0.0797. The van der Waals surface area contributed by atoms with Crippen LogP contribution in [-0.4, -0.2) is 19.3 Å². The molecule has 0 saturated heterocycles. The van der Waals surface area contributed by atoms with Crippen LogP contribution in [0.15, 0.2) is 65.6 Å². The van der Waals surface area contributed by atoms with Crippen molar-refractivity contribution in [2.45, 2.75) is 18.7 Å². The number of aromatic nitrogens is 1. The van der Waals surface area contributed by atoms with Crippen LogP contribution in [0.1, 0.15) is 21.5 Å². The zero-order valence-corrected chi connectivity index (χ0v) is 18.3. The number of hydrogen-bond acceptors (Lipinski definition) is 5. The summed E-state index contributed by atoms with van der Waals surface area (Å²) in [5.74, 6) is -0.935. The third-order valence-electron chi connectivity index (χ3n) is 4.66. The van der Waals surface area contributed by atoms with E-state index in [2.05, 4.69) is 15.0 Å². The van der Waals surface area contributed by atoms with E-state index in [4.69, 9.17) is 0 Å². The smallest absolute Gasteiger partial charge is 0.261 e. The predicted molar refractivity (Wildman–Crippen MR) is 121 cm³/mol. The first-order valence-corrected chi connectivity index (χ1v) is 11.6. The molecule has 0 aliphatic carbocycles. The number of amides is 1. The van der Waals surface area contributed by atoms with E-state index in [1.807, 2.05) is 26.0 Å². The van der Waals surface area contributed by atoms with Crippen molar-refractivity contribution in [1.29, 1.82) is 0 Å². The number of halogens is 1. The van der Waals surface area contributed by atoms with Crippen LogP contribution < -0.4 is 10.0 Å². The number of rotatable bonds is 5. The molecule has 0 atom stereocenters. The average Bonchev–Trinajstić information content (AvgIpc) is 3.16. The van der Waals surface area contributed by atoms with Crippen molar-refractivity contribution in [3.63, 3.8) is 0 Å². The number of carbonyl (C=O) groups is 1. The molecule has 1 heterocycles. The number of nitrogens with one attached hydrogen (secondary N) is 2. The fraction of sp³-hybridized carbons (Fsp3) is 0.0909. The topological polar surface area (TPSA) is 88.2 Å². The van der Waals surface area contributed by atoms with Crippen molar-refractivity contribution in [3.8, 4) is 0 Å². The zero-order chi connectivity index (χ0) is 22.2. The van der Waals surface area contributed by atoms with Crippen molar-refractivity contribution in [2.24, 2.45) is 0 Å². The molecule has 9 heteroatoms. The van der Waals surface area contributed by atoms with Crippen molar-refractivity contribution in [1.82, 2.24) is 4.98 Å². The summed E-state index contributed by atoms with van der Waals surface area (Å²) in [5, 5.41) is 3.25. The number of hydrogen-bond donors (Lipinski definition) is 2. The Morgan fingerprint density at radius 2 is 1.71 bits per heavy atom. The van der Waals surface area contributed by atoms with E-state index < -0.39 is 21.7 Å². The van der Waals surface area contributed by atoms with Gasteiger partial charge in [-0.2, -0.15) is 0 Å². The molecular formula is C22H18FN3O3S2. The molecule has 31 heavy (non-hydrogen) atoms. The van der Waals surface area contributed by atoms with E-state index in [-0.39, 0.29) is 16.1 Å². The van der Waals surface area contributed by atoms with E-state index >= 15 is 0 Å². The monoisotopic (exact) mass is 455 g/mol. The Labute approximate surface area is 182 Å². The van der Waals surface area contributed by atoms with E-state index in [1.165, 1.54) is 35.6 Å². The van der Waals surface area contributed by atoms with Gasteiger partial charge in [0.25, 0.3) is 15.9 Å². The summed E-state index contributed by atoms with van der Waals surface area (Å²) in [5.41, 5.74) is 3.44. The summed E-state index contributed by atoms with van der Waals surface area (Å²) < 4.78 is 41.5. The first-order valence-electron chi connectivity index (χ1n) is 9.29. The molecule has 0 fully saturated rings. The first kappa shape index (κ1) is 21.0. The summed E-state index contributed by atoms with van der Waals surface area (Å²) in [7, 11) is -3.92. The standard InChI is InChI=1S/C22H18FN3O3S2/c1-13-6-7-14(2)20-19(13)24-22(30-20)25-21(27)15-4-3-5-17(12-15)26-31(28,29)18-10-8-16(23)9-11-18/h3-12,26H,1-2H3,(H,24,25,27). The van der Waals surface area contributed by atoms with Crippen molar-refractivity contribution >= 4 is 48.3 Å². The summed E-state index contributed by atoms with van der Waals surface area (Å²) in [4.78, 5) is 17.2. The lowest BCUT2D eigenvalue weighted by atomic mass is 10.1. The molecule has 0 aliphatic rings. The van der Waals surface area contributed by atoms with Crippen molar-refractivity contribution in [2.75, 3.05) is 10.0 Å². The van der Waals surface area contributed by atoms with Crippen LogP contribution in [0.4, 0.5) is 15.2 Å². The minimum atomic E-state index is -3.92. The molecule has 0 radical (unpaired) electrons.